The van der Waals surface area contributed by atoms with Crippen molar-refractivity contribution in [3.8, 4) is 0 Å². The Bertz CT molecular complexity index is 386. The Balaban J connectivity index is 1.76. The van der Waals surface area contributed by atoms with E-state index in [1.807, 2.05) is 0 Å². The minimum absolute atomic E-state index is 0.286. The highest BCUT2D eigenvalue weighted by Gasteiger charge is 2.06. The van der Waals surface area contributed by atoms with Gasteiger partial charge >= 0.3 is 0 Å². The van der Waals surface area contributed by atoms with Crippen molar-refractivity contribution in [1.29, 1.82) is 0 Å². The lowest BCUT2D eigenvalue weighted by Crippen LogP contribution is -2.25. The van der Waals surface area contributed by atoms with Gasteiger partial charge in [0.1, 0.15) is 0 Å². The lowest BCUT2D eigenvalue weighted by molar-refractivity contribution is 0.531. The van der Waals surface area contributed by atoms with E-state index in [4.69, 9.17) is 0 Å². The van der Waals surface area contributed by atoms with Crippen LogP contribution >= 0.6 is 0 Å². The molecule has 0 nitrogen and oxygen atoms in total. The van der Waals surface area contributed by atoms with Crippen LogP contribution in [0.5, 0.6) is 0 Å². The number of hydrogen-bond acceptors (Lipinski definition) is 0. The van der Waals surface area contributed by atoms with Crippen molar-refractivity contribution in [3.05, 3.63) is 30.3 Å². The lowest BCUT2D eigenvalue weighted by Gasteiger charge is -2.09. The molecule has 0 fully saturated rings. The van der Waals surface area contributed by atoms with Crippen LogP contribution in [0.4, 0.5) is 0 Å². The predicted molar refractivity (Wildman–Crippen MR) is 122 cm³/mol. The van der Waals surface area contributed by atoms with Crippen LogP contribution in [0, 0.1) is 0 Å². The van der Waals surface area contributed by atoms with Crippen molar-refractivity contribution in [2.75, 3.05) is 0 Å². The standard InChI is InChI=1S/C25H45Si/c1-3-4-5-6-7-8-9-10-11-12-13-14-15-16-17-21-24-26(2)25-22-19-18-20-23-25/h18-20,22-23H,3-17,21,24H2,1-2H3. The molecule has 0 aliphatic heterocycles. The normalized spacial score (nSPS) is 11.3. The summed E-state index contributed by atoms with van der Waals surface area (Å²) in [6, 6.07) is 12.6. The quantitative estimate of drug-likeness (QED) is 0.179. The molecule has 1 radical (unpaired) electrons. The lowest BCUT2D eigenvalue weighted by atomic mass is 10.0. The van der Waals surface area contributed by atoms with Crippen LogP contribution in [0.25, 0.3) is 0 Å². The van der Waals surface area contributed by atoms with E-state index in [9.17, 15) is 0 Å². The molecule has 0 bridgehead atoms. The maximum Gasteiger partial charge on any atom is 0.0824 e. The molecule has 0 aliphatic carbocycles. The van der Waals surface area contributed by atoms with Crippen LogP contribution in [0.15, 0.2) is 30.3 Å². The average Bonchev–Trinajstić information content (AvgIpc) is 2.68. The van der Waals surface area contributed by atoms with E-state index in [1.54, 1.807) is 5.19 Å². The largest absolute Gasteiger partial charge is 0.0824 e. The Morgan fingerprint density at radius 1 is 0.538 bits per heavy atom. The first kappa shape index (κ1) is 23.5. The molecule has 1 aromatic carbocycles. The second-order valence-electron chi connectivity index (χ2n) is 8.20. The number of hydrogen-bond donors (Lipinski definition) is 0. The van der Waals surface area contributed by atoms with E-state index in [0.717, 1.165) is 0 Å². The summed E-state index contributed by atoms with van der Waals surface area (Å²) in [5, 5.41) is 1.61. The van der Waals surface area contributed by atoms with Crippen molar-refractivity contribution in [2.45, 2.75) is 122 Å². The Labute approximate surface area is 166 Å². The summed E-state index contributed by atoms with van der Waals surface area (Å²) >= 11 is 0. The minimum Gasteiger partial charge on any atom is -0.0669 e. The van der Waals surface area contributed by atoms with Crippen molar-refractivity contribution in [1.82, 2.24) is 0 Å². The van der Waals surface area contributed by atoms with Crippen LogP contribution < -0.4 is 5.19 Å². The summed E-state index contributed by atoms with van der Waals surface area (Å²) in [5.74, 6) is 0. The van der Waals surface area contributed by atoms with Gasteiger partial charge in [0.2, 0.25) is 0 Å². The zero-order valence-corrected chi connectivity index (χ0v) is 18.9. The van der Waals surface area contributed by atoms with Crippen LogP contribution in [0.3, 0.4) is 0 Å². The third kappa shape index (κ3) is 13.6. The van der Waals surface area contributed by atoms with Gasteiger partial charge in [0.05, 0.1) is 8.80 Å². The topological polar surface area (TPSA) is 0 Å². The van der Waals surface area contributed by atoms with Crippen molar-refractivity contribution in [2.24, 2.45) is 0 Å². The molecule has 0 aromatic heterocycles. The van der Waals surface area contributed by atoms with Crippen LogP contribution in [-0.2, 0) is 0 Å². The number of unbranched alkanes of at least 4 members (excludes halogenated alkanes) is 15. The fourth-order valence-corrected chi connectivity index (χ4v) is 5.64. The first-order valence-corrected chi connectivity index (χ1v) is 13.9. The third-order valence-electron chi connectivity index (χ3n) is 5.67. The monoisotopic (exact) mass is 373 g/mol. The Morgan fingerprint density at radius 2 is 0.923 bits per heavy atom. The van der Waals surface area contributed by atoms with Gasteiger partial charge in [-0.15, -0.1) is 0 Å². The molecular formula is C25H45Si. The first-order valence-electron chi connectivity index (χ1n) is 11.7. The van der Waals surface area contributed by atoms with Gasteiger partial charge in [-0.3, -0.25) is 0 Å². The second-order valence-corrected chi connectivity index (χ2v) is 10.8. The highest BCUT2D eigenvalue weighted by molar-refractivity contribution is 6.71. The van der Waals surface area contributed by atoms with Crippen LogP contribution in [0.2, 0.25) is 12.6 Å². The summed E-state index contributed by atoms with van der Waals surface area (Å²) in [5.41, 5.74) is 0. The molecule has 1 aromatic rings. The molecule has 26 heavy (non-hydrogen) atoms. The van der Waals surface area contributed by atoms with Gasteiger partial charge in [0.15, 0.2) is 0 Å². The Kier molecular flexibility index (Phi) is 16.1. The van der Waals surface area contributed by atoms with Gasteiger partial charge in [0.25, 0.3) is 0 Å². The van der Waals surface area contributed by atoms with Crippen LogP contribution in [0.1, 0.15) is 110 Å². The zero-order valence-electron chi connectivity index (χ0n) is 17.9. The van der Waals surface area contributed by atoms with Crippen molar-refractivity contribution >= 4 is 14.0 Å². The van der Waals surface area contributed by atoms with Crippen molar-refractivity contribution < 1.29 is 0 Å². The van der Waals surface area contributed by atoms with E-state index in [2.05, 4.69) is 43.8 Å². The average molecular weight is 374 g/mol. The van der Waals surface area contributed by atoms with E-state index >= 15 is 0 Å². The third-order valence-corrected chi connectivity index (χ3v) is 8.09. The molecule has 0 saturated carbocycles. The Hall–Kier alpha value is -0.563. The molecule has 0 heterocycles. The van der Waals surface area contributed by atoms with E-state index in [1.165, 1.54) is 109 Å². The molecule has 0 amide bonds. The molecule has 149 valence electrons. The smallest absolute Gasteiger partial charge is 0.0669 e. The van der Waals surface area contributed by atoms with Crippen molar-refractivity contribution in [3.63, 3.8) is 0 Å². The van der Waals surface area contributed by atoms with Gasteiger partial charge in [-0.2, -0.15) is 0 Å². The molecule has 0 saturated heterocycles. The highest BCUT2D eigenvalue weighted by atomic mass is 28.3. The fourth-order valence-electron chi connectivity index (χ4n) is 3.81. The molecule has 0 aliphatic rings. The highest BCUT2D eigenvalue weighted by Crippen LogP contribution is 2.14. The molecule has 1 heteroatoms. The molecule has 0 spiro atoms. The van der Waals surface area contributed by atoms with Gasteiger partial charge < -0.3 is 0 Å². The summed E-state index contributed by atoms with van der Waals surface area (Å²) in [6.07, 6.45) is 23.4. The first-order chi connectivity index (χ1) is 12.8. The van der Waals surface area contributed by atoms with E-state index < -0.39 is 0 Å². The maximum atomic E-state index is 2.48. The van der Waals surface area contributed by atoms with E-state index in [0.29, 0.717) is 0 Å². The van der Waals surface area contributed by atoms with E-state index in [-0.39, 0.29) is 8.80 Å². The summed E-state index contributed by atoms with van der Waals surface area (Å²) < 4.78 is 0. The zero-order chi connectivity index (χ0) is 18.7. The van der Waals surface area contributed by atoms with Gasteiger partial charge in [-0.25, -0.2) is 0 Å². The van der Waals surface area contributed by atoms with Gasteiger partial charge in [-0.1, -0.05) is 158 Å². The van der Waals surface area contributed by atoms with Gasteiger partial charge in [0, 0.05) is 0 Å². The molecule has 1 rings (SSSR count). The molecule has 0 atom stereocenters. The number of benzene rings is 1. The summed E-state index contributed by atoms with van der Waals surface area (Å²) in [4.78, 5) is 0. The summed E-state index contributed by atoms with van der Waals surface area (Å²) in [6.45, 7) is 4.78. The molecule has 0 N–H and O–H groups in total. The molecular weight excluding hydrogens is 328 g/mol. The number of rotatable bonds is 18. The summed E-state index contributed by atoms with van der Waals surface area (Å²) in [7, 11) is -0.286. The Morgan fingerprint density at radius 3 is 1.35 bits per heavy atom. The SMILES string of the molecule is CCCCCCCCCCCCCCCCCC[Si](C)c1ccccc1. The second kappa shape index (κ2) is 17.8. The predicted octanol–water partition coefficient (Wildman–Crippen LogP) is 8.28. The van der Waals surface area contributed by atoms with Gasteiger partial charge in [-0.05, 0) is 0 Å². The van der Waals surface area contributed by atoms with Crippen LogP contribution in [-0.4, -0.2) is 8.80 Å². The fraction of sp³-hybridized carbons (Fsp3) is 0.760. The maximum absolute atomic E-state index is 2.48. The molecule has 0 unspecified atom stereocenters. The minimum atomic E-state index is -0.286.